The van der Waals surface area contributed by atoms with Crippen molar-refractivity contribution >= 4 is 24.8 Å². The molecule has 0 unspecified atom stereocenters. The van der Waals surface area contributed by atoms with Crippen LogP contribution in [0.15, 0.2) is 11.1 Å². The first-order valence-corrected chi connectivity index (χ1v) is 8.36. The van der Waals surface area contributed by atoms with E-state index in [0.29, 0.717) is 5.78 Å². The SMILES string of the molecule is CC1=C(C)C(=O)CC(C)(C)C1.[Cl][Pd][Cl]. The standard InChI is InChI=1S/C10H16O.2ClH.Pd/c1-7-5-10(3,4)6-9(11)8(7)2;;;/h5-6H2,1-4H3;2*1H;/q;;;+2/p-2. The third kappa shape index (κ3) is 4.94. The Morgan fingerprint density at radius 3 is 2.00 bits per heavy atom. The molecule has 4 heteroatoms. The van der Waals surface area contributed by atoms with Gasteiger partial charge in [0.2, 0.25) is 0 Å². The van der Waals surface area contributed by atoms with Crippen molar-refractivity contribution in [2.45, 2.75) is 40.5 Å². The Labute approximate surface area is 102 Å². The molecule has 0 saturated carbocycles. The van der Waals surface area contributed by atoms with Crippen LogP contribution in [-0.2, 0) is 20.7 Å². The van der Waals surface area contributed by atoms with Gasteiger partial charge in [-0.05, 0) is 31.3 Å². The minimum atomic E-state index is -0.106. The maximum absolute atomic E-state index is 11.4. The van der Waals surface area contributed by atoms with Gasteiger partial charge in [0.1, 0.15) is 0 Å². The summed E-state index contributed by atoms with van der Waals surface area (Å²) in [6, 6.07) is 0. The number of allylic oxidation sites excluding steroid dienone is 2. The fraction of sp³-hybridized carbons (Fsp3) is 0.700. The Kier molecular flexibility index (Phi) is 6.57. The fourth-order valence-corrected chi connectivity index (χ4v) is 1.72. The number of rotatable bonds is 0. The number of hydrogen-bond donors (Lipinski definition) is 0. The van der Waals surface area contributed by atoms with Crippen LogP contribution in [0.2, 0.25) is 0 Å². The van der Waals surface area contributed by atoms with Gasteiger partial charge in [-0.2, -0.15) is 0 Å². The summed E-state index contributed by atoms with van der Waals surface area (Å²) in [6.07, 6.45) is 1.79. The first-order chi connectivity index (χ1) is 6.34. The zero-order valence-corrected chi connectivity index (χ0v) is 12.0. The molecule has 0 saturated heterocycles. The van der Waals surface area contributed by atoms with Gasteiger partial charge in [-0.15, -0.1) is 0 Å². The van der Waals surface area contributed by atoms with Crippen molar-refractivity contribution in [3.8, 4) is 0 Å². The van der Waals surface area contributed by atoms with Crippen molar-refractivity contribution in [2.24, 2.45) is 5.41 Å². The first kappa shape index (κ1) is 14.7. The molecule has 0 heterocycles. The Morgan fingerprint density at radius 1 is 1.21 bits per heavy atom. The maximum atomic E-state index is 11.4. The second-order valence-corrected chi connectivity index (χ2v) is 6.75. The van der Waals surface area contributed by atoms with Gasteiger partial charge in [-0.1, -0.05) is 19.4 Å². The molecule has 0 aromatic heterocycles. The Balaban J connectivity index is 0.000000500. The quantitative estimate of drug-likeness (QED) is 0.612. The Hall–Kier alpha value is 0.652. The van der Waals surface area contributed by atoms with Crippen LogP contribution in [0.4, 0.5) is 0 Å². The molecule has 0 amide bonds. The van der Waals surface area contributed by atoms with Crippen LogP contribution >= 0.6 is 19.1 Å². The summed E-state index contributed by atoms with van der Waals surface area (Å²) in [6.45, 7) is 8.31. The molecule has 0 spiro atoms. The summed E-state index contributed by atoms with van der Waals surface area (Å²) in [5, 5.41) is 0. The number of Topliss-reactive ketones (excluding diaryl/α,β-unsaturated/α-hetero) is 1. The van der Waals surface area contributed by atoms with Crippen LogP contribution in [-0.4, -0.2) is 5.78 Å². The summed E-state index contributed by atoms with van der Waals surface area (Å²) < 4.78 is 0. The first-order valence-electron chi connectivity index (χ1n) is 4.36. The molecule has 14 heavy (non-hydrogen) atoms. The Morgan fingerprint density at radius 2 is 1.64 bits per heavy atom. The van der Waals surface area contributed by atoms with Gasteiger partial charge in [0, 0.05) is 6.42 Å². The van der Waals surface area contributed by atoms with E-state index < -0.39 is 0 Å². The van der Waals surface area contributed by atoms with Crippen molar-refractivity contribution < 1.29 is 20.7 Å². The third-order valence-corrected chi connectivity index (χ3v) is 2.44. The van der Waals surface area contributed by atoms with Crippen LogP contribution in [0.1, 0.15) is 40.5 Å². The average Bonchev–Trinajstić information content (AvgIpc) is 2.00. The van der Waals surface area contributed by atoms with Crippen LogP contribution in [0.25, 0.3) is 0 Å². The summed E-state index contributed by atoms with van der Waals surface area (Å²) in [4.78, 5) is 11.4. The zero-order valence-electron chi connectivity index (χ0n) is 8.89. The molecule has 0 N–H and O–H groups in total. The monoisotopic (exact) mass is 328 g/mol. The second kappa shape index (κ2) is 6.28. The molecular weight excluding hydrogens is 313 g/mol. The number of ketones is 1. The molecule has 0 atom stereocenters. The van der Waals surface area contributed by atoms with E-state index in [2.05, 4.69) is 20.8 Å². The predicted molar refractivity (Wildman–Crippen MR) is 58.1 cm³/mol. The molecule has 0 radical (unpaired) electrons. The van der Waals surface area contributed by atoms with Crippen molar-refractivity contribution in [2.75, 3.05) is 0 Å². The summed E-state index contributed by atoms with van der Waals surface area (Å²) in [5.74, 6) is 0.332. The van der Waals surface area contributed by atoms with Crippen LogP contribution in [0, 0.1) is 5.41 Å². The number of halogens is 2. The van der Waals surface area contributed by atoms with Crippen LogP contribution in [0.3, 0.4) is 0 Å². The summed E-state index contributed by atoms with van der Waals surface area (Å²) >= 11 is -0.106. The van der Waals surface area contributed by atoms with Gasteiger partial charge < -0.3 is 0 Å². The summed E-state index contributed by atoms with van der Waals surface area (Å²) in [7, 11) is 9.63. The van der Waals surface area contributed by atoms with E-state index in [4.69, 9.17) is 19.1 Å². The zero-order chi connectivity index (χ0) is 11.4. The minimum absolute atomic E-state index is 0.106. The second-order valence-electron chi connectivity index (χ2n) is 4.39. The molecule has 1 aliphatic carbocycles. The molecule has 0 fully saturated rings. The normalized spacial score (nSPS) is 20.6. The molecule has 0 bridgehead atoms. The van der Waals surface area contributed by atoms with Crippen molar-refractivity contribution in [1.82, 2.24) is 0 Å². The van der Waals surface area contributed by atoms with E-state index in [1.807, 2.05) is 6.92 Å². The topological polar surface area (TPSA) is 17.1 Å². The molecule has 0 aliphatic heterocycles. The van der Waals surface area contributed by atoms with Gasteiger partial charge in [-0.3, -0.25) is 4.79 Å². The number of carbonyl (C=O) groups is 1. The van der Waals surface area contributed by atoms with E-state index >= 15 is 0 Å². The van der Waals surface area contributed by atoms with Crippen LogP contribution in [0.5, 0.6) is 0 Å². The number of hydrogen-bond acceptors (Lipinski definition) is 1. The van der Waals surface area contributed by atoms with Crippen molar-refractivity contribution in [3.63, 3.8) is 0 Å². The average molecular weight is 330 g/mol. The van der Waals surface area contributed by atoms with E-state index in [-0.39, 0.29) is 21.4 Å². The molecule has 0 aromatic rings. The predicted octanol–water partition coefficient (Wildman–Crippen LogP) is 4.09. The molecule has 1 nitrogen and oxygen atoms in total. The van der Waals surface area contributed by atoms with Crippen molar-refractivity contribution in [1.29, 1.82) is 0 Å². The summed E-state index contributed by atoms with van der Waals surface area (Å²) in [5.41, 5.74) is 2.45. The van der Waals surface area contributed by atoms with Gasteiger partial charge in [-0.25, -0.2) is 0 Å². The Bertz CT molecular complexity index is 247. The molecule has 0 aromatic carbocycles. The fourth-order valence-electron chi connectivity index (χ4n) is 1.72. The molecular formula is C10H16Cl2OPd. The van der Waals surface area contributed by atoms with E-state index in [1.54, 1.807) is 0 Å². The van der Waals surface area contributed by atoms with E-state index in [1.165, 1.54) is 5.57 Å². The molecule has 86 valence electrons. The molecule has 1 rings (SSSR count). The van der Waals surface area contributed by atoms with Crippen LogP contribution < -0.4 is 0 Å². The van der Waals surface area contributed by atoms with Gasteiger partial charge in [0.25, 0.3) is 0 Å². The number of carbonyl (C=O) groups excluding carboxylic acids is 1. The van der Waals surface area contributed by atoms with E-state index in [9.17, 15) is 4.79 Å². The van der Waals surface area contributed by atoms with Gasteiger partial charge >= 0.3 is 35.0 Å². The van der Waals surface area contributed by atoms with E-state index in [0.717, 1.165) is 18.4 Å². The van der Waals surface area contributed by atoms with Gasteiger partial charge in [0.05, 0.1) is 0 Å². The third-order valence-electron chi connectivity index (χ3n) is 2.44. The molecule has 1 aliphatic rings. The van der Waals surface area contributed by atoms with Crippen molar-refractivity contribution in [3.05, 3.63) is 11.1 Å². The van der Waals surface area contributed by atoms with Gasteiger partial charge in [0.15, 0.2) is 5.78 Å².